The SMILES string of the molecule is Oc1ccc(CN2C3CCC2CC(Br)C3)cc1. The van der Waals surface area contributed by atoms with Gasteiger partial charge in [0, 0.05) is 23.5 Å². The summed E-state index contributed by atoms with van der Waals surface area (Å²) in [6.45, 7) is 1.04. The molecule has 2 heterocycles. The van der Waals surface area contributed by atoms with E-state index in [1.54, 1.807) is 12.1 Å². The van der Waals surface area contributed by atoms with Gasteiger partial charge in [0.15, 0.2) is 0 Å². The first-order valence-electron chi connectivity index (χ1n) is 6.40. The molecule has 2 nitrogen and oxygen atoms in total. The highest BCUT2D eigenvalue weighted by Gasteiger charge is 2.39. The molecule has 0 spiro atoms. The Morgan fingerprint density at radius 3 is 2.29 bits per heavy atom. The van der Waals surface area contributed by atoms with Gasteiger partial charge >= 0.3 is 0 Å². The molecule has 2 saturated heterocycles. The Labute approximate surface area is 111 Å². The number of fused-ring (bicyclic) bond motifs is 2. The van der Waals surface area contributed by atoms with Crippen LogP contribution in [-0.2, 0) is 6.54 Å². The van der Waals surface area contributed by atoms with E-state index in [-0.39, 0.29) is 0 Å². The lowest BCUT2D eigenvalue weighted by Crippen LogP contribution is -2.42. The van der Waals surface area contributed by atoms with E-state index in [1.807, 2.05) is 12.1 Å². The first-order chi connectivity index (χ1) is 8.22. The number of piperidine rings is 1. The van der Waals surface area contributed by atoms with Crippen molar-refractivity contribution in [3.05, 3.63) is 29.8 Å². The standard InChI is InChI=1S/C14H18BrNO/c15-11-7-12-3-4-13(8-11)16(12)9-10-1-5-14(17)6-2-10/h1-2,5-6,11-13,17H,3-4,7-9H2. The molecule has 2 aliphatic rings. The number of phenolic OH excluding ortho intramolecular Hbond substituents is 1. The molecule has 2 bridgehead atoms. The maximum atomic E-state index is 9.29. The van der Waals surface area contributed by atoms with Crippen LogP contribution in [0.3, 0.4) is 0 Å². The lowest BCUT2D eigenvalue weighted by molar-refractivity contribution is 0.137. The Bertz CT molecular complexity index is 378. The highest BCUT2D eigenvalue weighted by atomic mass is 79.9. The minimum Gasteiger partial charge on any atom is -0.508 e. The van der Waals surface area contributed by atoms with E-state index in [4.69, 9.17) is 0 Å². The van der Waals surface area contributed by atoms with Gasteiger partial charge in [0.25, 0.3) is 0 Å². The third-order valence-corrected chi connectivity index (χ3v) is 4.88. The number of benzene rings is 1. The van der Waals surface area contributed by atoms with Gasteiger partial charge in [0.2, 0.25) is 0 Å². The fourth-order valence-electron chi connectivity index (χ4n) is 3.28. The molecule has 2 aliphatic heterocycles. The number of alkyl halides is 1. The summed E-state index contributed by atoms with van der Waals surface area (Å²) >= 11 is 3.77. The fraction of sp³-hybridized carbons (Fsp3) is 0.571. The number of hydrogen-bond donors (Lipinski definition) is 1. The normalized spacial score (nSPS) is 32.9. The van der Waals surface area contributed by atoms with Crippen molar-refractivity contribution in [2.24, 2.45) is 0 Å². The van der Waals surface area contributed by atoms with Crippen molar-refractivity contribution in [2.45, 2.75) is 49.1 Å². The van der Waals surface area contributed by atoms with Gasteiger partial charge in [-0.2, -0.15) is 0 Å². The van der Waals surface area contributed by atoms with Crippen molar-refractivity contribution in [1.82, 2.24) is 4.90 Å². The molecular formula is C14H18BrNO. The van der Waals surface area contributed by atoms with Crippen LogP contribution >= 0.6 is 15.9 Å². The largest absolute Gasteiger partial charge is 0.508 e. The second-order valence-corrected chi connectivity index (χ2v) is 6.59. The lowest BCUT2D eigenvalue weighted by Gasteiger charge is -2.37. The van der Waals surface area contributed by atoms with Crippen molar-refractivity contribution < 1.29 is 5.11 Å². The summed E-state index contributed by atoms with van der Waals surface area (Å²) in [5, 5.41) is 9.29. The predicted octanol–water partition coefficient (Wildman–Crippen LogP) is 3.28. The summed E-state index contributed by atoms with van der Waals surface area (Å²) in [5.41, 5.74) is 1.31. The average Bonchev–Trinajstić information content (AvgIpc) is 2.56. The lowest BCUT2D eigenvalue weighted by atomic mass is 10.0. The van der Waals surface area contributed by atoms with Gasteiger partial charge in [-0.15, -0.1) is 0 Å². The molecule has 0 aromatic heterocycles. The summed E-state index contributed by atoms with van der Waals surface area (Å²) < 4.78 is 0. The number of aromatic hydroxyl groups is 1. The van der Waals surface area contributed by atoms with Gasteiger partial charge in [0.1, 0.15) is 5.75 Å². The van der Waals surface area contributed by atoms with E-state index in [0.717, 1.165) is 23.5 Å². The number of rotatable bonds is 2. The van der Waals surface area contributed by atoms with Crippen LogP contribution < -0.4 is 0 Å². The van der Waals surface area contributed by atoms with Crippen LogP contribution in [0.15, 0.2) is 24.3 Å². The fourth-order valence-corrected chi connectivity index (χ4v) is 4.14. The minimum atomic E-state index is 0.357. The topological polar surface area (TPSA) is 23.5 Å². The molecule has 2 atom stereocenters. The van der Waals surface area contributed by atoms with E-state index in [9.17, 15) is 5.11 Å². The number of hydrogen-bond acceptors (Lipinski definition) is 2. The van der Waals surface area contributed by atoms with Crippen molar-refractivity contribution in [1.29, 1.82) is 0 Å². The minimum absolute atomic E-state index is 0.357. The van der Waals surface area contributed by atoms with Crippen molar-refractivity contribution >= 4 is 15.9 Å². The molecule has 1 N–H and O–H groups in total. The molecule has 3 rings (SSSR count). The van der Waals surface area contributed by atoms with E-state index in [0.29, 0.717) is 5.75 Å². The molecule has 0 amide bonds. The van der Waals surface area contributed by atoms with Crippen LogP contribution in [0.25, 0.3) is 0 Å². The van der Waals surface area contributed by atoms with Crippen LogP contribution in [0.1, 0.15) is 31.2 Å². The predicted molar refractivity (Wildman–Crippen MR) is 72.4 cm³/mol. The Morgan fingerprint density at radius 1 is 1.12 bits per heavy atom. The van der Waals surface area contributed by atoms with Gasteiger partial charge in [-0.05, 0) is 43.4 Å². The smallest absolute Gasteiger partial charge is 0.115 e. The average molecular weight is 296 g/mol. The molecule has 3 heteroatoms. The zero-order chi connectivity index (χ0) is 11.8. The second kappa shape index (κ2) is 4.62. The van der Waals surface area contributed by atoms with E-state index in [1.165, 1.54) is 31.2 Å². The second-order valence-electron chi connectivity index (χ2n) is 5.29. The molecule has 0 saturated carbocycles. The van der Waals surface area contributed by atoms with Gasteiger partial charge in [-0.3, -0.25) is 4.90 Å². The number of halogens is 1. The zero-order valence-corrected chi connectivity index (χ0v) is 11.4. The van der Waals surface area contributed by atoms with Crippen molar-refractivity contribution in [3.8, 4) is 5.75 Å². The Balaban J connectivity index is 1.72. The monoisotopic (exact) mass is 295 g/mol. The summed E-state index contributed by atoms with van der Waals surface area (Å²) in [6, 6.07) is 9.16. The summed E-state index contributed by atoms with van der Waals surface area (Å²) in [4.78, 5) is 3.38. The summed E-state index contributed by atoms with van der Waals surface area (Å²) in [6.07, 6.45) is 5.28. The number of nitrogens with zero attached hydrogens (tertiary/aromatic N) is 1. The highest BCUT2D eigenvalue weighted by Crippen LogP contribution is 2.39. The van der Waals surface area contributed by atoms with Crippen LogP contribution in [0, 0.1) is 0 Å². The van der Waals surface area contributed by atoms with Crippen LogP contribution in [0.4, 0.5) is 0 Å². The molecule has 1 aromatic rings. The molecule has 0 aliphatic carbocycles. The quantitative estimate of drug-likeness (QED) is 0.847. The molecule has 1 aromatic carbocycles. The van der Waals surface area contributed by atoms with Gasteiger partial charge in [-0.1, -0.05) is 28.1 Å². The maximum absolute atomic E-state index is 9.29. The first-order valence-corrected chi connectivity index (χ1v) is 7.31. The summed E-state index contributed by atoms with van der Waals surface area (Å²) in [5.74, 6) is 0.357. The zero-order valence-electron chi connectivity index (χ0n) is 9.85. The van der Waals surface area contributed by atoms with Gasteiger partial charge in [0.05, 0.1) is 0 Å². The van der Waals surface area contributed by atoms with E-state index >= 15 is 0 Å². The first kappa shape index (κ1) is 11.5. The third kappa shape index (κ3) is 2.36. The third-order valence-electron chi connectivity index (χ3n) is 4.13. The van der Waals surface area contributed by atoms with Crippen LogP contribution in [0.2, 0.25) is 0 Å². The van der Waals surface area contributed by atoms with Gasteiger partial charge < -0.3 is 5.11 Å². The Hall–Kier alpha value is -0.540. The highest BCUT2D eigenvalue weighted by molar-refractivity contribution is 9.09. The van der Waals surface area contributed by atoms with E-state index < -0.39 is 0 Å². The van der Waals surface area contributed by atoms with Crippen LogP contribution in [-0.4, -0.2) is 26.9 Å². The van der Waals surface area contributed by atoms with E-state index in [2.05, 4.69) is 20.8 Å². The molecular weight excluding hydrogens is 278 g/mol. The molecule has 92 valence electrons. The molecule has 0 radical (unpaired) electrons. The number of phenols is 1. The molecule has 2 fully saturated rings. The molecule has 2 unspecified atom stereocenters. The Kier molecular flexibility index (Phi) is 3.14. The maximum Gasteiger partial charge on any atom is 0.115 e. The molecule has 17 heavy (non-hydrogen) atoms. The van der Waals surface area contributed by atoms with Crippen LogP contribution in [0.5, 0.6) is 5.75 Å². The van der Waals surface area contributed by atoms with Gasteiger partial charge in [-0.25, -0.2) is 0 Å². The Morgan fingerprint density at radius 2 is 1.71 bits per heavy atom. The summed E-state index contributed by atoms with van der Waals surface area (Å²) in [7, 11) is 0. The van der Waals surface area contributed by atoms with Crippen molar-refractivity contribution in [3.63, 3.8) is 0 Å². The van der Waals surface area contributed by atoms with Crippen molar-refractivity contribution in [2.75, 3.05) is 0 Å².